The number of hydrogen-bond donors (Lipinski definition) is 0. The van der Waals surface area contributed by atoms with Crippen LogP contribution in [0.5, 0.6) is 5.75 Å². The van der Waals surface area contributed by atoms with Crippen molar-refractivity contribution in [1.82, 2.24) is 10.2 Å². The van der Waals surface area contributed by atoms with E-state index in [1.807, 2.05) is 0 Å². The lowest BCUT2D eigenvalue weighted by molar-refractivity contribution is -0.137. The molecule has 0 aliphatic rings. The van der Waals surface area contributed by atoms with Crippen molar-refractivity contribution in [3.8, 4) is 17.0 Å². The summed E-state index contributed by atoms with van der Waals surface area (Å²) >= 11 is 0. The van der Waals surface area contributed by atoms with Crippen LogP contribution in [0.25, 0.3) is 22.0 Å². The molecule has 6 heteroatoms. The molecule has 3 rings (SSSR count). The molecule has 3 nitrogen and oxygen atoms in total. The van der Waals surface area contributed by atoms with E-state index in [1.54, 1.807) is 24.3 Å². The summed E-state index contributed by atoms with van der Waals surface area (Å²) in [6, 6.07) is 10.8. The molecule has 1 heterocycles. The molecule has 0 bridgehead atoms. The second-order valence-electron chi connectivity index (χ2n) is 4.66. The Labute approximate surface area is 124 Å². The van der Waals surface area contributed by atoms with Crippen LogP contribution in [0.1, 0.15) is 5.56 Å². The summed E-state index contributed by atoms with van der Waals surface area (Å²) in [4.78, 5) is 0. The van der Waals surface area contributed by atoms with Gasteiger partial charge in [0, 0.05) is 10.8 Å². The summed E-state index contributed by atoms with van der Waals surface area (Å²) < 4.78 is 45.2. The van der Waals surface area contributed by atoms with Gasteiger partial charge in [-0.1, -0.05) is 30.3 Å². The topological polar surface area (TPSA) is 35.0 Å². The number of nitrogens with zero attached hydrogens (tertiary/aromatic N) is 2. The van der Waals surface area contributed by atoms with Gasteiger partial charge in [-0.15, -0.1) is 5.10 Å². The number of fused-ring (bicyclic) bond motifs is 1. The molecule has 0 radical (unpaired) electrons. The van der Waals surface area contributed by atoms with Crippen LogP contribution in [0.15, 0.2) is 48.7 Å². The van der Waals surface area contributed by atoms with Crippen molar-refractivity contribution in [1.29, 1.82) is 0 Å². The Morgan fingerprint density at radius 1 is 1.00 bits per heavy atom. The van der Waals surface area contributed by atoms with Gasteiger partial charge in [0.05, 0.1) is 24.4 Å². The van der Waals surface area contributed by atoms with E-state index >= 15 is 0 Å². The number of alkyl halides is 3. The maximum absolute atomic E-state index is 13.3. The fourth-order valence-electron chi connectivity index (χ4n) is 2.39. The van der Waals surface area contributed by atoms with Crippen LogP contribution < -0.4 is 4.74 Å². The van der Waals surface area contributed by atoms with E-state index in [9.17, 15) is 13.2 Å². The van der Waals surface area contributed by atoms with Crippen molar-refractivity contribution in [2.75, 3.05) is 7.11 Å². The summed E-state index contributed by atoms with van der Waals surface area (Å²) in [5.74, 6) is 0.112. The first-order valence-corrected chi connectivity index (χ1v) is 6.47. The van der Waals surface area contributed by atoms with Gasteiger partial charge in [-0.3, -0.25) is 0 Å². The molecular weight excluding hydrogens is 293 g/mol. The van der Waals surface area contributed by atoms with Crippen LogP contribution in [0.3, 0.4) is 0 Å². The van der Waals surface area contributed by atoms with Gasteiger partial charge in [-0.2, -0.15) is 18.3 Å². The fraction of sp³-hybridized carbons (Fsp3) is 0.125. The van der Waals surface area contributed by atoms with Gasteiger partial charge < -0.3 is 4.74 Å². The molecule has 1 aromatic heterocycles. The van der Waals surface area contributed by atoms with Gasteiger partial charge in [-0.05, 0) is 12.1 Å². The molecule has 0 spiro atoms. The third-order valence-corrected chi connectivity index (χ3v) is 3.36. The second-order valence-corrected chi connectivity index (χ2v) is 4.66. The largest absolute Gasteiger partial charge is 0.496 e. The molecule has 0 aliphatic carbocycles. The number of hydrogen-bond acceptors (Lipinski definition) is 3. The maximum atomic E-state index is 13.3. The van der Waals surface area contributed by atoms with Crippen LogP contribution in [0.2, 0.25) is 0 Å². The first-order chi connectivity index (χ1) is 10.5. The lowest BCUT2D eigenvalue weighted by Crippen LogP contribution is -2.09. The second kappa shape index (κ2) is 5.29. The summed E-state index contributed by atoms with van der Waals surface area (Å²) in [5.41, 5.74) is -0.734. The number of aromatic nitrogens is 2. The molecular formula is C16H11F3N2O. The average molecular weight is 304 g/mol. The first-order valence-electron chi connectivity index (χ1n) is 6.47. The van der Waals surface area contributed by atoms with Crippen LogP contribution in [-0.4, -0.2) is 17.3 Å². The quantitative estimate of drug-likeness (QED) is 0.707. The summed E-state index contributed by atoms with van der Waals surface area (Å²) in [6.45, 7) is 0. The molecule has 0 fully saturated rings. The Balaban J connectivity index is 2.40. The van der Waals surface area contributed by atoms with Crippen molar-refractivity contribution in [3.63, 3.8) is 0 Å². The third-order valence-electron chi connectivity index (χ3n) is 3.36. The standard InChI is InChI=1S/C16H11F3N2O/c1-22-13-8-4-7-12(16(17,18)19)14(13)15-11-6-3-2-5-10(11)9-20-21-15/h2-9H,1H3. The van der Waals surface area contributed by atoms with Crippen molar-refractivity contribution in [2.45, 2.75) is 6.18 Å². The summed E-state index contributed by atoms with van der Waals surface area (Å²) in [5, 5.41) is 9.05. The molecule has 0 atom stereocenters. The highest BCUT2D eigenvalue weighted by Crippen LogP contribution is 2.42. The van der Waals surface area contributed by atoms with Crippen molar-refractivity contribution >= 4 is 10.8 Å². The Morgan fingerprint density at radius 2 is 1.77 bits per heavy atom. The van der Waals surface area contributed by atoms with Crippen LogP contribution in [0.4, 0.5) is 13.2 Å². The van der Waals surface area contributed by atoms with E-state index in [1.165, 1.54) is 25.4 Å². The zero-order chi connectivity index (χ0) is 15.7. The molecule has 0 saturated heterocycles. The van der Waals surface area contributed by atoms with Gasteiger partial charge in [0.15, 0.2) is 0 Å². The smallest absolute Gasteiger partial charge is 0.417 e. The fourth-order valence-corrected chi connectivity index (χ4v) is 2.39. The van der Waals surface area contributed by atoms with Crippen LogP contribution >= 0.6 is 0 Å². The Bertz CT molecular complexity index is 826. The van der Waals surface area contributed by atoms with E-state index in [2.05, 4.69) is 10.2 Å². The maximum Gasteiger partial charge on any atom is 0.417 e. The number of halogens is 3. The minimum atomic E-state index is -4.51. The molecule has 0 unspecified atom stereocenters. The molecule has 2 aromatic carbocycles. The van der Waals surface area contributed by atoms with Crippen molar-refractivity contribution < 1.29 is 17.9 Å². The normalized spacial score (nSPS) is 11.6. The van der Waals surface area contributed by atoms with Gasteiger partial charge in [-0.25, -0.2) is 0 Å². The number of ether oxygens (including phenoxy) is 1. The zero-order valence-corrected chi connectivity index (χ0v) is 11.6. The molecule has 3 aromatic rings. The highest BCUT2D eigenvalue weighted by atomic mass is 19.4. The number of methoxy groups -OCH3 is 1. The first kappa shape index (κ1) is 14.3. The highest BCUT2D eigenvalue weighted by molar-refractivity contribution is 5.96. The molecule has 0 N–H and O–H groups in total. The zero-order valence-electron chi connectivity index (χ0n) is 11.6. The summed E-state index contributed by atoms with van der Waals surface area (Å²) in [7, 11) is 1.33. The molecule has 22 heavy (non-hydrogen) atoms. The number of benzene rings is 2. The summed E-state index contributed by atoms with van der Waals surface area (Å²) in [6.07, 6.45) is -3.00. The average Bonchev–Trinajstić information content (AvgIpc) is 2.52. The molecule has 0 amide bonds. The van der Waals surface area contributed by atoms with Crippen molar-refractivity contribution in [3.05, 3.63) is 54.2 Å². The van der Waals surface area contributed by atoms with Gasteiger partial charge in [0.25, 0.3) is 0 Å². The Morgan fingerprint density at radius 3 is 2.50 bits per heavy atom. The SMILES string of the molecule is COc1cccc(C(F)(F)F)c1-c1nncc2ccccc12. The predicted molar refractivity (Wildman–Crippen MR) is 76.5 cm³/mol. The van der Waals surface area contributed by atoms with Crippen LogP contribution in [0, 0.1) is 0 Å². The molecule has 0 aliphatic heterocycles. The lowest BCUT2D eigenvalue weighted by Gasteiger charge is -2.16. The number of rotatable bonds is 2. The highest BCUT2D eigenvalue weighted by Gasteiger charge is 2.36. The monoisotopic (exact) mass is 304 g/mol. The molecule has 112 valence electrons. The van der Waals surface area contributed by atoms with E-state index in [0.29, 0.717) is 10.8 Å². The van der Waals surface area contributed by atoms with Crippen molar-refractivity contribution in [2.24, 2.45) is 0 Å². The van der Waals surface area contributed by atoms with Gasteiger partial charge >= 0.3 is 6.18 Å². The Kier molecular flexibility index (Phi) is 3.44. The lowest BCUT2D eigenvalue weighted by atomic mass is 9.99. The van der Waals surface area contributed by atoms with Gasteiger partial charge in [0.1, 0.15) is 11.4 Å². The van der Waals surface area contributed by atoms with Gasteiger partial charge in [0.2, 0.25) is 0 Å². The van der Waals surface area contributed by atoms with E-state index < -0.39 is 11.7 Å². The van der Waals surface area contributed by atoms with Crippen LogP contribution in [-0.2, 0) is 6.18 Å². The van der Waals surface area contributed by atoms with E-state index in [4.69, 9.17) is 4.74 Å². The Hall–Kier alpha value is -2.63. The van der Waals surface area contributed by atoms with E-state index in [-0.39, 0.29) is 17.0 Å². The third kappa shape index (κ3) is 2.36. The minimum Gasteiger partial charge on any atom is -0.496 e. The van der Waals surface area contributed by atoms with E-state index in [0.717, 1.165) is 6.07 Å². The predicted octanol–water partition coefficient (Wildman–Crippen LogP) is 4.32. The minimum absolute atomic E-state index is 0.0956. The molecule has 0 saturated carbocycles.